The van der Waals surface area contributed by atoms with Crippen LogP contribution in [0.5, 0.6) is 0 Å². The van der Waals surface area contributed by atoms with Crippen molar-refractivity contribution >= 4 is 17.7 Å². The third-order valence-electron chi connectivity index (χ3n) is 3.52. The van der Waals surface area contributed by atoms with E-state index in [2.05, 4.69) is 13.2 Å². The van der Waals surface area contributed by atoms with Crippen LogP contribution >= 0.6 is 11.8 Å². The highest BCUT2D eigenvalue weighted by atomic mass is 32.2. The van der Waals surface area contributed by atoms with Crippen LogP contribution in [0.2, 0.25) is 0 Å². The number of benzene rings is 1. The lowest BCUT2D eigenvalue weighted by Crippen LogP contribution is -2.53. The van der Waals surface area contributed by atoms with E-state index in [9.17, 15) is 4.79 Å². The van der Waals surface area contributed by atoms with Crippen molar-refractivity contribution in [3.63, 3.8) is 0 Å². The van der Waals surface area contributed by atoms with Gasteiger partial charge in [0.2, 0.25) is 5.91 Å². The fraction of sp³-hybridized carbons (Fsp3) is 0.533. The van der Waals surface area contributed by atoms with E-state index in [4.69, 9.17) is 5.73 Å². The average molecular weight is 280 g/mol. The van der Waals surface area contributed by atoms with E-state index in [1.807, 2.05) is 37.4 Å². The summed E-state index contributed by atoms with van der Waals surface area (Å²) in [4.78, 5) is 14.4. The van der Waals surface area contributed by atoms with Gasteiger partial charge >= 0.3 is 0 Å². The van der Waals surface area contributed by atoms with Gasteiger partial charge in [-0.05, 0) is 25.2 Å². The second-order valence-electron chi connectivity index (χ2n) is 5.00. The number of carbonyl (C=O) groups excluding carboxylic acids is 1. The Bertz CT molecular complexity index is 406. The Morgan fingerprint density at radius 1 is 1.42 bits per heavy atom. The Labute approximate surface area is 120 Å². The predicted octanol–water partition coefficient (Wildman–Crippen LogP) is 2.46. The van der Waals surface area contributed by atoms with Crippen LogP contribution in [0.1, 0.15) is 25.8 Å². The summed E-state index contributed by atoms with van der Waals surface area (Å²) in [6, 6.07) is 9.78. The quantitative estimate of drug-likeness (QED) is 0.870. The van der Waals surface area contributed by atoms with Crippen LogP contribution in [0.3, 0.4) is 0 Å². The lowest BCUT2D eigenvalue weighted by molar-refractivity contribution is -0.137. The molecular weight excluding hydrogens is 256 g/mol. The molecule has 4 heteroatoms. The molecule has 0 fully saturated rings. The van der Waals surface area contributed by atoms with E-state index >= 15 is 0 Å². The molecular formula is C15H24N2OS. The SMILES string of the molecule is CCC(CSC)N(C)C(=O)C(C)(N)c1ccccc1. The van der Waals surface area contributed by atoms with E-state index in [1.165, 1.54) is 0 Å². The lowest BCUT2D eigenvalue weighted by atomic mass is 9.91. The first-order valence-electron chi connectivity index (χ1n) is 6.55. The highest BCUT2D eigenvalue weighted by molar-refractivity contribution is 7.98. The number of amides is 1. The summed E-state index contributed by atoms with van der Waals surface area (Å²) in [5.74, 6) is 0.906. The zero-order valence-electron chi connectivity index (χ0n) is 12.2. The first-order valence-corrected chi connectivity index (χ1v) is 7.95. The van der Waals surface area contributed by atoms with E-state index in [-0.39, 0.29) is 11.9 Å². The molecule has 1 aromatic rings. The van der Waals surface area contributed by atoms with E-state index in [1.54, 1.807) is 23.6 Å². The molecule has 0 aliphatic carbocycles. The summed E-state index contributed by atoms with van der Waals surface area (Å²) in [6.07, 6.45) is 2.99. The Morgan fingerprint density at radius 3 is 2.47 bits per heavy atom. The molecule has 1 rings (SSSR count). The largest absolute Gasteiger partial charge is 0.340 e. The van der Waals surface area contributed by atoms with Crippen molar-refractivity contribution in [1.82, 2.24) is 4.90 Å². The summed E-state index contributed by atoms with van der Waals surface area (Å²) in [5, 5.41) is 0. The second kappa shape index (κ2) is 6.96. The monoisotopic (exact) mass is 280 g/mol. The first-order chi connectivity index (χ1) is 8.95. The molecule has 0 saturated carbocycles. The van der Waals surface area contributed by atoms with Gasteiger partial charge in [-0.15, -0.1) is 0 Å². The van der Waals surface area contributed by atoms with Gasteiger partial charge in [0.05, 0.1) is 0 Å². The van der Waals surface area contributed by atoms with E-state index in [0.717, 1.165) is 17.7 Å². The molecule has 2 N–H and O–H groups in total. The van der Waals surface area contributed by atoms with Gasteiger partial charge in [0.15, 0.2) is 0 Å². The van der Waals surface area contributed by atoms with Gasteiger partial charge < -0.3 is 10.6 Å². The number of hydrogen-bond donors (Lipinski definition) is 1. The standard InChI is InChI=1S/C15H24N2OS/c1-5-13(11-19-4)17(3)14(18)15(2,16)12-9-7-6-8-10-12/h6-10,13H,5,11,16H2,1-4H3. The highest BCUT2D eigenvalue weighted by Gasteiger charge is 2.34. The van der Waals surface area contributed by atoms with Crippen LogP contribution in [0.25, 0.3) is 0 Å². The molecule has 0 aliphatic rings. The molecule has 0 bridgehead atoms. The third-order valence-corrected chi connectivity index (χ3v) is 4.23. The zero-order chi connectivity index (χ0) is 14.5. The van der Waals surface area contributed by atoms with Gasteiger partial charge in [0, 0.05) is 18.8 Å². The molecule has 0 aromatic heterocycles. The number of carbonyl (C=O) groups is 1. The molecule has 106 valence electrons. The molecule has 0 spiro atoms. The van der Waals surface area contributed by atoms with Crippen LogP contribution in [0.4, 0.5) is 0 Å². The minimum Gasteiger partial charge on any atom is -0.340 e. The molecule has 1 aromatic carbocycles. The maximum absolute atomic E-state index is 12.6. The third kappa shape index (κ3) is 3.74. The average Bonchev–Trinajstić information content (AvgIpc) is 2.44. The molecule has 0 saturated heterocycles. The predicted molar refractivity (Wildman–Crippen MR) is 83.2 cm³/mol. The molecule has 2 atom stereocenters. The van der Waals surface area contributed by atoms with Gasteiger partial charge in [-0.1, -0.05) is 37.3 Å². The summed E-state index contributed by atoms with van der Waals surface area (Å²) in [7, 11) is 1.85. The molecule has 1 amide bonds. The Kier molecular flexibility index (Phi) is 5.88. The number of thioether (sulfide) groups is 1. The molecule has 2 unspecified atom stereocenters. The van der Waals surface area contributed by atoms with Gasteiger partial charge in [-0.25, -0.2) is 0 Å². The first kappa shape index (κ1) is 16.1. The van der Waals surface area contributed by atoms with Crippen molar-refractivity contribution in [2.24, 2.45) is 5.73 Å². The van der Waals surface area contributed by atoms with Crippen LogP contribution in [0, 0.1) is 0 Å². The van der Waals surface area contributed by atoms with Gasteiger partial charge in [-0.2, -0.15) is 11.8 Å². The maximum atomic E-state index is 12.6. The zero-order valence-corrected chi connectivity index (χ0v) is 13.0. The number of rotatable bonds is 6. The minimum atomic E-state index is -0.970. The molecule has 3 nitrogen and oxygen atoms in total. The molecule has 0 heterocycles. The topological polar surface area (TPSA) is 46.3 Å². The lowest BCUT2D eigenvalue weighted by Gasteiger charge is -2.34. The van der Waals surface area contributed by atoms with Crippen molar-refractivity contribution in [3.05, 3.63) is 35.9 Å². The van der Waals surface area contributed by atoms with Gasteiger partial charge in [-0.3, -0.25) is 4.79 Å². The van der Waals surface area contributed by atoms with Crippen molar-refractivity contribution in [3.8, 4) is 0 Å². The molecule has 0 aliphatic heterocycles. The van der Waals surface area contributed by atoms with Gasteiger partial charge in [0.25, 0.3) is 0 Å². The number of hydrogen-bond acceptors (Lipinski definition) is 3. The molecule has 0 radical (unpaired) electrons. The minimum absolute atomic E-state index is 0.0281. The number of nitrogens with zero attached hydrogens (tertiary/aromatic N) is 1. The van der Waals surface area contributed by atoms with Crippen molar-refractivity contribution in [2.45, 2.75) is 31.8 Å². The Hall–Kier alpha value is -1.00. The Morgan fingerprint density at radius 2 is 2.00 bits per heavy atom. The fourth-order valence-corrected chi connectivity index (χ4v) is 2.98. The highest BCUT2D eigenvalue weighted by Crippen LogP contribution is 2.22. The van der Waals surface area contributed by atoms with Crippen molar-refractivity contribution < 1.29 is 4.79 Å². The van der Waals surface area contributed by atoms with Crippen LogP contribution < -0.4 is 5.73 Å². The number of nitrogens with two attached hydrogens (primary N) is 1. The summed E-state index contributed by atoms with van der Waals surface area (Å²) in [6.45, 7) is 3.88. The van der Waals surface area contributed by atoms with Crippen LogP contribution in [-0.4, -0.2) is 35.9 Å². The summed E-state index contributed by atoms with van der Waals surface area (Å²) < 4.78 is 0. The van der Waals surface area contributed by atoms with Crippen LogP contribution in [-0.2, 0) is 10.3 Å². The smallest absolute Gasteiger partial charge is 0.246 e. The maximum Gasteiger partial charge on any atom is 0.246 e. The van der Waals surface area contributed by atoms with E-state index < -0.39 is 5.54 Å². The number of likely N-dealkylation sites (N-methyl/N-ethyl adjacent to an activating group) is 1. The fourth-order valence-electron chi connectivity index (χ4n) is 2.14. The Balaban J connectivity index is 2.92. The van der Waals surface area contributed by atoms with Crippen molar-refractivity contribution in [2.75, 3.05) is 19.1 Å². The van der Waals surface area contributed by atoms with Crippen LogP contribution in [0.15, 0.2) is 30.3 Å². The summed E-state index contributed by atoms with van der Waals surface area (Å²) >= 11 is 1.75. The van der Waals surface area contributed by atoms with Gasteiger partial charge in [0.1, 0.15) is 5.54 Å². The normalized spacial score (nSPS) is 15.6. The van der Waals surface area contributed by atoms with Crippen molar-refractivity contribution in [1.29, 1.82) is 0 Å². The van der Waals surface area contributed by atoms with E-state index in [0.29, 0.717) is 0 Å². The molecule has 19 heavy (non-hydrogen) atoms. The second-order valence-corrected chi connectivity index (χ2v) is 5.91. The summed E-state index contributed by atoms with van der Waals surface area (Å²) in [5.41, 5.74) is 6.16.